The van der Waals surface area contributed by atoms with Crippen LogP contribution in [-0.2, 0) is 14.3 Å². The number of ether oxygens (including phenoxy) is 1. The van der Waals surface area contributed by atoms with Crippen LogP contribution in [-0.4, -0.2) is 52.3 Å². The van der Waals surface area contributed by atoms with Crippen molar-refractivity contribution in [1.82, 2.24) is 4.90 Å². The van der Waals surface area contributed by atoms with Crippen molar-refractivity contribution in [3.05, 3.63) is 29.8 Å². The van der Waals surface area contributed by atoms with Crippen molar-refractivity contribution in [1.29, 1.82) is 5.26 Å². The third-order valence-electron chi connectivity index (χ3n) is 4.35. The Bertz CT molecular complexity index is 840. The van der Waals surface area contributed by atoms with E-state index in [1.54, 1.807) is 12.1 Å². The Morgan fingerprint density at radius 1 is 1.36 bits per heavy atom. The van der Waals surface area contributed by atoms with Crippen molar-refractivity contribution in [3.63, 3.8) is 0 Å². The number of nitriles is 1. The van der Waals surface area contributed by atoms with Gasteiger partial charge in [0.05, 0.1) is 5.56 Å². The minimum absolute atomic E-state index is 0.0355. The average Bonchev–Trinajstić information content (AvgIpc) is 3.32. The fourth-order valence-electron chi connectivity index (χ4n) is 2.88. The van der Waals surface area contributed by atoms with E-state index in [1.165, 1.54) is 30.8 Å². The fraction of sp³-hybridized carbons (Fsp3) is 0.421. The molecule has 2 aliphatic heterocycles. The predicted octanol–water partition coefficient (Wildman–Crippen LogP) is 2.18. The van der Waals surface area contributed by atoms with Crippen molar-refractivity contribution in [2.24, 2.45) is 4.99 Å². The van der Waals surface area contributed by atoms with Gasteiger partial charge in [-0.15, -0.1) is 0 Å². The van der Waals surface area contributed by atoms with Crippen LogP contribution in [0.2, 0.25) is 0 Å². The maximum atomic E-state index is 12.3. The molecule has 1 saturated heterocycles. The van der Waals surface area contributed by atoms with Crippen molar-refractivity contribution in [2.75, 3.05) is 18.4 Å². The number of nitrogens with one attached hydrogen (secondary N) is 1. The molecule has 146 valence electrons. The zero-order valence-corrected chi connectivity index (χ0v) is 16.2. The molecule has 28 heavy (non-hydrogen) atoms. The van der Waals surface area contributed by atoms with Gasteiger partial charge in [-0.3, -0.25) is 9.59 Å². The Hall–Kier alpha value is -2.86. The standard InChI is InChI=1S/C19H20N4O4S/c1-12(11-20)27-18(26)13-4-6-14(7-5-13)21-16(24)10-15-17(25)22-19(28-15)23-8-2-3-9-23/h4-7,12,15H,2-3,8-10H2,1H3,(H,21,24)/t12-,15+/m1/s1. The Labute approximate surface area is 166 Å². The molecule has 0 bridgehead atoms. The Morgan fingerprint density at radius 3 is 2.68 bits per heavy atom. The van der Waals surface area contributed by atoms with E-state index in [-0.39, 0.29) is 23.8 Å². The molecule has 0 spiro atoms. The van der Waals surface area contributed by atoms with Crippen molar-refractivity contribution < 1.29 is 19.1 Å². The summed E-state index contributed by atoms with van der Waals surface area (Å²) in [5, 5.41) is 11.6. The molecule has 0 unspecified atom stereocenters. The van der Waals surface area contributed by atoms with Crippen LogP contribution in [0.3, 0.4) is 0 Å². The Balaban J connectivity index is 1.50. The van der Waals surface area contributed by atoms with Gasteiger partial charge in [0.25, 0.3) is 5.91 Å². The second-order valence-electron chi connectivity index (χ2n) is 6.54. The first-order chi connectivity index (χ1) is 13.5. The summed E-state index contributed by atoms with van der Waals surface area (Å²) in [7, 11) is 0. The normalized spacial score (nSPS) is 19.7. The van der Waals surface area contributed by atoms with E-state index < -0.39 is 17.3 Å². The number of anilines is 1. The van der Waals surface area contributed by atoms with Crippen LogP contribution in [0.4, 0.5) is 5.69 Å². The van der Waals surface area contributed by atoms with E-state index in [9.17, 15) is 14.4 Å². The molecule has 9 heteroatoms. The second kappa shape index (κ2) is 8.89. The van der Waals surface area contributed by atoms with Crippen LogP contribution in [0, 0.1) is 11.3 Å². The quantitative estimate of drug-likeness (QED) is 0.754. The average molecular weight is 400 g/mol. The van der Waals surface area contributed by atoms with E-state index >= 15 is 0 Å². The van der Waals surface area contributed by atoms with Crippen LogP contribution in [0.5, 0.6) is 0 Å². The molecular weight excluding hydrogens is 380 g/mol. The number of rotatable bonds is 5. The molecule has 1 aromatic rings. The van der Waals surface area contributed by atoms with Gasteiger partial charge < -0.3 is 15.0 Å². The van der Waals surface area contributed by atoms with Crippen LogP contribution >= 0.6 is 11.8 Å². The van der Waals surface area contributed by atoms with Crippen LogP contribution in [0.15, 0.2) is 29.3 Å². The lowest BCUT2D eigenvalue weighted by Gasteiger charge is -2.16. The molecular formula is C19H20N4O4S. The number of amides is 2. The number of carbonyl (C=O) groups excluding carboxylic acids is 3. The molecule has 2 amide bonds. The van der Waals surface area contributed by atoms with Crippen LogP contribution < -0.4 is 5.32 Å². The molecule has 2 aliphatic rings. The summed E-state index contributed by atoms with van der Waals surface area (Å²) in [6, 6.07) is 7.97. The van der Waals surface area contributed by atoms with Gasteiger partial charge in [-0.25, -0.2) is 4.79 Å². The van der Waals surface area contributed by atoms with E-state index in [0.29, 0.717) is 5.69 Å². The van der Waals surface area contributed by atoms with E-state index in [0.717, 1.165) is 31.1 Å². The second-order valence-corrected chi connectivity index (χ2v) is 7.71. The summed E-state index contributed by atoms with van der Waals surface area (Å²) in [5.41, 5.74) is 0.788. The lowest BCUT2D eigenvalue weighted by atomic mass is 10.2. The molecule has 2 heterocycles. The number of benzene rings is 1. The Kier molecular flexibility index (Phi) is 6.31. The molecule has 3 rings (SSSR count). The molecule has 1 N–H and O–H groups in total. The smallest absolute Gasteiger partial charge is 0.339 e. The van der Waals surface area contributed by atoms with Crippen molar-refractivity contribution in [3.8, 4) is 6.07 Å². The summed E-state index contributed by atoms with van der Waals surface area (Å²) >= 11 is 1.35. The number of esters is 1. The highest BCUT2D eigenvalue weighted by Crippen LogP contribution is 2.29. The third-order valence-corrected chi connectivity index (χ3v) is 5.56. The van der Waals surface area contributed by atoms with Crippen LogP contribution in [0.1, 0.15) is 36.5 Å². The maximum absolute atomic E-state index is 12.3. The first-order valence-corrected chi connectivity index (χ1v) is 9.89. The number of likely N-dealkylation sites (tertiary alicyclic amines) is 1. The highest BCUT2D eigenvalue weighted by atomic mass is 32.2. The summed E-state index contributed by atoms with van der Waals surface area (Å²) in [6.07, 6.45) is 1.39. The largest absolute Gasteiger partial charge is 0.444 e. The topological polar surface area (TPSA) is 112 Å². The van der Waals surface area contributed by atoms with Gasteiger partial charge >= 0.3 is 5.97 Å². The number of aliphatic imine (C=N–C) groups is 1. The van der Waals surface area contributed by atoms with Gasteiger partial charge in [0.15, 0.2) is 11.3 Å². The Morgan fingerprint density at radius 2 is 2.04 bits per heavy atom. The highest BCUT2D eigenvalue weighted by molar-refractivity contribution is 8.15. The first kappa shape index (κ1) is 19.9. The van der Waals surface area contributed by atoms with Gasteiger partial charge in [0.2, 0.25) is 5.91 Å². The van der Waals surface area contributed by atoms with Crippen molar-refractivity contribution in [2.45, 2.75) is 37.5 Å². The maximum Gasteiger partial charge on any atom is 0.339 e. The van der Waals surface area contributed by atoms with Crippen molar-refractivity contribution >= 4 is 40.4 Å². The molecule has 8 nitrogen and oxygen atoms in total. The monoisotopic (exact) mass is 400 g/mol. The number of amidine groups is 1. The molecule has 0 aliphatic carbocycles. The number of thioether (sulfide) groups is 1. The molecule has 0 aromatic heterocycles. The lowest BCUT2D eigenvalue weighted by Crippen LogP contribution is -2.25. The molecule has 2 atom stereocenters. The molecule has 1 fully saturated rings. The molecule has 0 radical (unpaired) electrons. The van der Waals surface area contributed by atoms with Gasteiger partial charge in [0.1, 0.15) is 11.3 Å². The van der Waals surface area contributed by atoms with Gasteiger partial charge in [-0.1, -0.05) is 11.8 Å². The highest BCUT2D eigenvalue weighted by Gasteiger charge is 2.33. The number of hydrogen-bond acceptors (Lipinski definition) is 7. The van der Waals surface area contributed by atoms with E-state index in [2.05, 4.69) is 15.2 Å². The number of carbonyl (C=O) groups is 3. The lowest BCUT2D eigenvalue weighted by molar-refractivity contribution is -0.121. The zero-order chi connectivity index (χ0) is 20.1. The molecule has 1 aromatic carbocycles. The van der Waals surface area contributed by atoms with E-state index in [1.807, 2.05) is 6.07 Å². The number of nitrogens with zero attached hydrogens (tertiary/aromatic N) is 3. The summed E-state index contributed by atoms with van der Waals surface area (Å²) in [6.45, 7) is 3.29. The van der Waals surface area contributed by atoms with Gasteiger partial charge in [0, 0.05) is 25.2 Å². The number of hydrogen-bond donors (Lipinski definition) is 1. The van der Waals surface area contributed by atoms with Gasteiger partial charge in [-0.2, -0.15) is 10.3 Å². The summed E-state index contributed by atoms with van der Waals surface area (Å²) in [4.78, 5) is 42.4. The molecule has 0 saturated carbocycles. The summed E-state index contributed by atoms with van der Waals surface area (Å²) < 4.78 is 4.91. The SMILES string of the molecule is C[C@H](C#N)OC(=O)c1ccc(NC(=O)C[C@@H]2SC(N3CCCC3)=NC2=O)cc1. The van der Waals surface area contributed by atoms with E-state index in [4.69, 9.17) is 10.00 Å². The summed E-state index contributed by atoms with van der Waals surface area (Å²) in [5.74, 6) is -1.17. The predicted molar refractivity (Wildman–Crippen MR) is 105 cm³/mol. The van der Waals surface area contributed by atoms with Gasteiger partial charge in [-0.05, 0) is 44.0 Å². The minimum Gasteiger partial charge on any atom is -0.444 e. The van der Waals surface area contributed by atoms with Crippen LogP contribution in [0.25, 0.3) is 0 Å². The first-order valence-electron chi connectivity index (χ1n) is 9.01. The minimum atomic E-state index is -0.832. The third kappa shape index (κ3) is 4.89. The fourth-order valence-corrected chi connectivity index (χ4v) is 3.99. The zero-order valence-electron chi connectivity index (χ0n) is 15.4.